The maximum atomic E-state index is 9.87. The predicted octanol–water partition coefficient (Wildman–Crippen LogP) is 1.87. The Kier molecular flexibility index (Phi) is 2.95. The summed E-state index contributed by atoms with van der Waals surface area (Å²) in [6.07, 6.45) is 2.11. The van der Waals surface area contributed by atoms with Gasteiger partial charge < -0.3 is 15.2 Å². The number of nitrogens with one attached hydrogen (secondary N) is 1. The number of benzene rings is 1. The maximum absolute atomic E-state index is 9.87. The van der Waals surface area contributed by atoms with Gasteiger partial charge in [-0.15, -0.1) is 0 Å². The minimum Gasteiger partial charge on any atom is -0.504 e. The topological polar surface area (TPSA) is 65.3 Å². The van der Waals surface area contributed by atoms with Crippen molar-refractivity contribution in [1.29, 1.82) is 5.26 Å². The number of aromatic hydroxyl groups is 1. The summed E-state index contributed by atoms with van der Waals surface area (Å²) in [6.45, 7) is 3.05. The van der Waals surface area contributed by atoms with Gasteiger partial charge in [-0.3, -0.25) is 0 Å². The largest absolute Gasteiger partial charge is 0.504 e. The second-order valence-electron chi connectivity index (χ2n) is 4.55. The molecule has 1 aromatic rings. The summed E-state index contributed by atoms with van der Waals surface area (Å²) < 4.78 is 5.02. The summed E-state index contributed by atoms with van der Waals surface area (Å²) in [5, 5.41) is 22.3. The van der Waals surface area contributed by atoms with Gasteiger partial charge in [0.05, 0.1) is 12.7 Å². The van der Waals surface area contributed by atoms with Crippen molar-refractivity contribution in [3.63, 3.8) is 0 Å². The zero-order valence-corrected chi connectivity index (χ0v) is 10.1. The van der Waals surface area contributed by atoms with E-state index in [9.17, 15) is 5.11 Å². The molecule has 2 rings (SSSR count). The number of ether oxygens (including phenoxy) is 1. The lowest BCUT2D eigenvalue weighted by molar-refractivity contribution is 0.368. The quantitative estimate of drug-likeness (QED) is 0.817. The summed E-state index contributed by atoms with van der Waals surface area (Å²) in [5.74, 6) is 0.273. The molecule has 17 heavy (non-hydrogen) atoms. The minimum atomic E-state index is -0.157. The summed E-state index contributed by atoms with van der Waals surface area (Å²) in [6, 6.07) is 5.52. The molecule has 0 bridgehead atoms. The molecule has 1 aliphatic rings. The lowest BCUT2D eigenvalue weighted by Crippen LogP contribution is -2.33. The molecule has 0 aromatic heterocycles. The van der Waals surface area contributed by atoms with Gasteiger partial charge in [-0.1, -0.05) is 0 Å². The van der Waals surface area contributed by atoms with Gasteiger partial charge in [0.2, 0.25) is 0 Å². The normalized spacial score (nSPS) is 23.4. The van der Waals surface area contributed by atoms with Crippen LogP contribution in [0.3, 0.4) is 0 Å². The van der Waals surface area contributed by atoms with E-state index < -0.39 is 0 Å². The number of rotatable bonds is 2. The number of nitriles is 1. The van der Waals surface area contributed by atoms with E-state index in [4.69, 9.17) is 10.00 Å². The van der Waals surface area contributed by atoms with Crippen LogP contribution < -0.4 is 10.1 Å². The Hall–Kier alpha value is -1.73. The fourth-order valence-electron chi connectivity index (χ4n) is 2.37. The van der Waals surface area contributed by atoms with Crippen molar-refractivity contribution in [1.82, 2.24) is 5.32 Å². The smallest absolute Gasteiger partial charge is 0.178 e. The van der Waals surface area contributed by atoms with E-state index >= 15 is 0 Å². The van der Waals surface area contributed by atoms with Crippen LogP contribution in [0.25, 0.3) is 0 Å². The highest BCUT2D eigenvalue weighted by Crippen LogP contribution is 2.38. The summed E-state index contributed by atoms with van der Waals surface area (Å²) in [7, 11) is 1.45. The van der Waals surface area contributed by atoms with Crippen molar-refractivity contribution in [3.05, 3.63) is 23.3 Å². The number of phenolic OH excluding ortho intramolecular Hbond substituents is 1. The SMILES string of the molecule is COc1c(O)cc(C2(C)CCCN2)cc1C#N. The summed E-state index contributed by atoms with van der Waals surface area (Å²) in [5.41, 5.74) is 1.15. The monoisotopic (exact) mass is 232 g/mol. The molecular formula is C13H16N2O2. The highest BCUT2D eigenvalue weighted by Gasteiger charge is 2.31. The first-order valence-corrected chi connectivity index (χ1v) is 5.67. The molecule has 0 saturated carbocycles. The first-order chi connectivity index (χ1) is 8.10. The van der Waals surface area contributed by atoms with Gasteiger partial charge in [0.25, 0.3) is 0 Å². The number of hydrogen-bond acceptors (Lipinski definition) is 4. The molecule has 0 radical (unpaired) electrons. The Morgan fingerprint density at radius 2 is 2.29 bits per heavy atom. The van der Waals surface area contributed by atoms with Crippen LogP contribution in [-0.4, -0.2) is 18.8 Å². The lowest BCUT2D eigenvalue weighted by Gasteiger charge is -2.25. The van der Waals surface area contributed by atoms with Crippen LogP contribution in [0.4, 0.5) is 0 Å². The molecule has 1 heterocycles. The average molecular weight is 232 g/mol. The van der Waals surface area contributed by atoms with Crippen molar-refractivity contribution < 1.29 is 9.84 Å². The zero-order valence-electron chi connectivity index (χ0n) is 10.1. The number of hydrogen-bond donors (Lipinski definition) is 2. The Labute approximate surface area is 101 Å². The van der Waals surface area contributed by atoms with E-state index in [1.807, 2.05) is 0 Å². The average Bonchev–Trinajstić information content (AvgIpc) is 2.76. The third-order valence-electron chi connectivity index (χ3n) is 3.40. The summed E-state index contributed by atoms with van der Waals surface area (Å²) >= 11 is 0. The molecule has 4 nitrogen and oxygen atoms in total. The highest BCUT2D eigenvalue weighted by atomic mass is 16.5. The van der Waals surface area contributed by atoms with Crippen LogP contribution in [0.15, 0.2) is 12.1 Å². The molecular weight excluding hydrogens is 216 g/mol. The lowest BCUT2D eigenvalue weighted by atomic mass is 9.89. The maximum Gasteiger partial charge on any atom is 0.178 e. The molecule has 1 unspecified atom stereocenters. The van der Waals surface area contributed by atoms with Crippen molar-refractivity contribution in [2.75, 3.05) is 13.7 Å². The van der Waals surface area contributed by atoms with Crippen molar-refractivity contribution in [2.24, 2.45) is 0 Å². The van der Waals surface area contributed by atoms with Gasteiger partial charge in [0, 0.05) is 5.54 Å². The zero-order chi connectivity index (χ0) is 12.5. The molecule has 1 fully saturated rings. The van der Waals surface area contributed by atoms with Crippen molar-refractivity contribution >= 4 is 0 Å². The van der Waals surface area contributed by atoms with E-state index in [0.29, 0.717) is 5.56 Å². The van der Waals surface area contributed by atoms with Crippen molar-refractivity contribution in [2.45, 2.75) is 25.3 Å². The Balaban J connectivity index is 2.51. The Morgan fingerprint density at radius 1 is 1.53 bits per heavy atom. The molecule has 2 N–H and O–H groups in total. The predicted molar refractivity (Wildman–Crippen MR) is 64.0 cm³/mol. The number of methoxy groups -OCH3 is 1. The van der Waals surface area contributed by atoms with Crippen LogP contribution in [0.5, 0.6) is 11.5 Å². The van der Waals surface area contributed by atoms with Gasteiger partial charge >= 0.3 is 0 Å². The highest BCUT2D eigenvalue weighted by molar-refractivity contribution is 5.55. The van der Waals surface area contributed by atoms with Crippen molar-refractivity contribution in [3.8, 4) is 17.6 Å². The summed E-state index contributed by atoms with van der Waals surface area (Å²) in [4.78, 5) is 0. The van der Waals surface area contributed by atoms with Crippen LogP contribution >= 0.6 is 0 Å². The molecule has 0 spiro atoms. The van der Waals surface area contributed by atoms with Crippen LogP contribution in [-0.2, 0) is 5.54 Å². The van der Waals surface area contributed by atoms with E-state index in [0.717, 1.165) is 24.9 Å². The molecule has 1 atom stereocenters. The molecule has 1 saturated heterocycles. The first-order valence-electron chi connectivity index (χ1n) is 5.67. The van der Waals surface area contributed by atoms with Gasteiger partial charge in [-0.25, -0.2) is 0 Å². The van der Waals surface area contributed by atoms with Crippen LogP contribution in [0, 0.1) is 11.3 Å². The molecule has 1 aromatic carbocycles. The Morgan fingerprint density at radius 3 is 2.82 bits per heavy atom. The molecule has 0 amide bonds. The first kappa shape index (κ1) is 11.7. The van der Waals surface area contributed by atoms with Crippen LogP contribution in [0.1, 0.15) is 30.9 Å². The minimum absolute atomic E-state index is 0.0245. The van der Waals surface area contributed by atoms with Gasteiger partial charge in [-0.05, 0) is 44.0 Å². The fourth-order valence-corrected chi connectivity index (χ4v) is 2.37. The van der Waals surface area contributed by atoms with E-state index in [1.165, 1.54) is 7.11 Å². The van der Waals surface area contributed by atoms with E-state index in [-0.39, 0.29) is 17.0 Å². The van der Waals surface area contributed by atoms with Gasteiger partial charge in [-0.2, -0.15) is 5.26 Å². The van der Waals surface area contributed by atoms with Gasteiger partial charge in [0.15, 0.2) is 11.5 Å². The standard InChI is InChI=1S/C13H16N2O2/c1-13(4-3-5-15-13)10-6-9(8-14)12(17-2)11(16)7-10/h6-7,15-16H,3-5H2,1-2H3. The van der Waals surface area contributed by atoms with Crippen LogP contribution in [0.2, 0.25) is 0 Å². The molecule has 0 aliphatic carbocycles. The fraction of sp³-hybridized carbons (Fsp3) is 0.462. The second kappa shape index (κ2) is 4.27. The second-order valence-corrected chi connectivity index (χ2v) is 4.55. The third kappa shape index (κ3) is 1.94. The van der Waals surface area contributed by atoms with E-state index in [2.05, 4.69) is 18.3 Å². The molecule has 1 aliphatic heterocycles. The number of phenols is 1. The Bertz CT molecular complexity index is 471. The number of nitrogens with zero attached hydrogens (tertiary/aromatic N) is 1. The third-order valence-corrected chi connectivity index (χ3v) is 3.40. The molecule has 4 heteroatoms. The van der Waals surface area contributed by atoms with Gasteiger partial charge in [0.1, 0.15) is 6.07 Å². The van der Waals surface area contributed by atoms with E-state index in [1.54, 1.807) is 12.1 Å². The molecule has 90 valence electrons.